The lowest BCUT2D eigenvalue weighted by molar-refractivity contribution is -0.236. The molecule has 1 amide bonds. The van der Waals surface area contributed by atoms with Gasteiger partial charge in [0.15, 0.2) is 5.82 Å². The zero-order chi connectivity index (χ0) is 28.6. The Bertz CT molecular complexity index is 1240. The monoisotopic (exact) mass is 543 g/mol. The molecule has 4 rings (SSSR count). The first-order valence-corrected chi connectivity index (χ1v) is 12.2. The van der Waals surface area contributed by atoms with Gasteiger partial charge in [0.1, 0.15) is 11.2 Å². The van der Waals surface area contributed by atoms with Gasteiger partial charge in [-0.05, 0) is 51.4 Å². The number of halogens is 1. The molecule has 39 heavy (non-hydrogen) atoms. The predicted octanol–water partition coefficient (Wildman–Crippen LogP) is 2.49. The van der Waals surface area contributed by atoms with Crippen molar-refractivity contribution in [1.82, 2.24) is 29.7 Å². The van der Waals surface area contributed by atoms with Crippen molar-refractivity contribution in [3.8, 4) is 22.6 Å². The number of imidazole rings is 1. The number of hydrogen-bond donors (Lipinski definition) is 3. The van der Waals surface area contributed by atoms with Gasteiger partial charge in [0.2, 0.25) is 18.6 Å². The van der Waals surface area contributed by atoms with E-state index in [1.807, 2.05) is 19.0 Å². The van der Waals surface area contributed by atoms with Crippen LogP contribution in [0.5, 0.6) is 0 Å². The van der Waals surface area contributed by atoms with E-state index in [1.54, 1.807) is 45.4 Å². The summed E-state index contributed by atoms with van der Waals surface area (Å²) in [6.07, 6.45) is 1.51. The Labute approximate surface area is 226 Å². The van der Waals surface area contributed by atoms with E-state index in [0.29, 0.717) is 41.0 Å². The number of aromatic nitrogens is 4. The summed E-state index contributed by atoms with van der Waals surface area (Å²) in [7, 11) is 7.34. The van der Waals surface area contributed by atoms with Crippen LogP contribution in [-0.2, 0) is 19.1 Å². The van der Waals surface area contributed by atoms with Crippen molar-refractivity contribution in [2.45, 2.75) is 13.2 Å². The maximum absolute atomic E-state index is 13.5. The van der Waals surface area contributed by atoms with Crippen LogP contribution in [0.25, 0.3) is 22.6 Å². The summed E-state index contributed by atoms with van der Waals surface area (Å²) >= 11 is 0. The lowest BCUT2D eigenvalue weighted by Gasteiger charge is -2.33. The Hall–Kier alpha value is -3.94. The van der Waals surface area contributed by atoms with E-state index >= 15 is 0 Å². The third-order valence-corrected chi connectivity index (χ3v) is 5.65. The number of rotatable bonds is 9. The van der Waals surface area contributed by atoms with Crippen LogP contribution in [0.1, 0.15) is 19.0 Å². The van der Waals surface area contributed by atoms with E-state index < -0.39 is 17.7 Å². The SMILES string of the molecule is CN(C)C=O.CN(C)CCNc1nccc(-c2[nH]c(C3OCC(C)(C(=O)O)CO3)nc2-c2ccc(F)cc2)n1. The van der Waals surface area contributed by atoms with Crippen molar-refractivity contribution >= 4 is 18.3 Å². The number of aliphatic carboxylic acids is 1. The highest BCUT2D eigenvalue weighted by Gasteiger charge is 2.41. The van der Waals surface area contributed by atoms with Crippen LogP contribution in [0.4, 0.5) is 10.3 Å². The number of carbonyl (C=O) groups is 2. The maximum atomic E-state index is 13.5. The van der Waals surface area contributed by atoms with Crippen molar-refractivity contribution < 1.29 is 28.6 Å². The Morgan fingerprint density at radius 1 is 1.18 bits per heavy atom. The highest BCUT2D eigenvalue weighted by Crippen LogP contribution is 2.35. The molecular formula is C26H34FN7O5. The molecule has 2 aromatic heterocycles. The number of anilines is 1. The molecule has 3 aromatic rings. The third kappa shape index (κ3) is 8.02. The second-order valence-electron chi connectivity index (χ2n) is 9.74. The molecule has 0 atom stereocenters. The van der Waals surface area contributed by atoms with Crippen molar-refractivity contribution in [1.29, 1.82) is 0 Å². The molecule has 1 fully saturated rings. The number of H-pyrrole nitrogens is 1. The molecule has 12 nitrogen and oxygen atoms in total. The van der Waals surface area contributed by atoms with Crippen LogP contribution in [0.2, 0.25) is 0 Å². The lowest BCUT2D eigenvalue weighted by Crippen LogP contribution is -2.42. The molecule has 13 heteroatoms. The quantitative estimate of drug-likeness (QED) is 0.344. The van der Waals surface area contributed by atoms with Crippen molar-refractivity contribution in [3.05, 3.63) is 48.2 Å². The van der Waals surface area contributed by atoms with Gasteiger partial charge in [-0.3, -0.25) is 9.59 Å². The van der Waals surface area contributed by atoms with Crippen LogP contribution in [-0.4, -0.2) is 102 Å². The van der Waals surface area contributed by atoms with Gasteiger partial charge in [0.05, 0.1) is 30.3 Å². The summed E-state index contributed by atoms with van der Waals surface area (Å²) in [5.74, 6) is -0.527. The van der Waals surface area contributed by atoms with Crippen LogP contribution < -0.4 is 5.32 Å². The topological polar surface area (TPSA) is 146 Å². The fraction of sp³-hybridized carbons (Fsp3) is 0.423. The minimum atomic E-state index is -1.13. The molecule has 210 valence electrons. The summed E-state index contributed by atoms with van der Waals surface area (Å²) in [5, 5.41) is 12.6. The zero-order valence-corrected chi connectivity index (χ0v) is 22.6. The van der Waals surface area contributed by atoms with Crippen LogP contribution in [0.15, 0.2) is 36.5 Å². The van der Waals surface area contributed by atoms with E-state index in [1.165, 1.54) is 17.0 Å². The first-order valence-electron chi connectivity index (χ1n) is 12.2. The lowest BCUT2D eigenvalue weighted by atomic mass is 9.92. The summed E-state index contributed by atoms with van der Waals surface area (Å²) in [5.41, 5.74) is 1.23. The molecule has 3 heterocycles. The van der Waals surface area contributed by atoms with Gasteiger partial charge >= 0.3 is 5.97 Å². The minimum Gasteiger partial charge on any atom is -0.481 e. The van der Waals surface area contributed by atoms with E-state index in [2.05, 4.69) is 25.3 Å². The van der Waals surface area contributed by atoms with Crippen molar-refractivity contribution in [2.24, 2.45) is 5.41 Å². The number of hydrogen-bond acceptors (Lipinski definition) is 9. The van der Waals surface area contributed by atoms with Crippen LogP contribution in [0.3, 0.4) is 0 Å². The molecular weight excluding hydrogens is 509 g/mol. The largest absolute Gasteiger partial charge is 0.481 e. The molecule has 0 saturated carbocycles. The number of carbonyl (C=O) groups excluding carboxylic acids is 1. The second-order valence-corrected chi connectivity index (χ2v) is 9.74. The van der Waals surface area contributed by atoms with Crippen molar-refractivity contribution in [3.63, 3.8) is 0 Å². The molecule has 0 bridgehead atoms. The van der Waals surface area contributed by atoms with E-state index in [0.717, 1.165) is 13.0 Å². The Morgan fingerprint density at radius 3 is 2.38 bits per heavy atom. The van der Waals surface area contributed by atoms with E-state index in [-0.39, 0.29) is 19.0 Å². The van der Waals surface area contributed by atoms with Gasteiger partial charge in [0.25, 0.3) is 0 Å². The van der Waals surface area contributed by atoms with Gasteiger partial charge in [-0.15, -0.1) is 0 Å². The van der Waals surface area contributed by atoms with E-state index in [4.69, 9.17) is 9.47 Å². The van der Waals surface area contributed by atoms with Crippen molar-refractivity contribution in [2.75, 3.05) is 59.8 Å². The predicted molar refractivity (Wildman–Crippen MR) is 142 cm³/mol. The number of likely N-dealkylation sites (N-methyl/N-ethyl adjacent to an activating group) is 1. The summed E-state index contributed by atoms with van der Waals surface area (Å²) in [6.45, 7) is 3.00. The molecule has 1 aliphatic rings. The number of carboxylic acid groups (broad SMARTS) is 1. The maximum Gasteiger partial charge on any atom is 0.314 e. The average molecular weight is 544 g/mol. The Balaban J connectivity index is 0.000000771. The Morgan fingerprint density at radius 2 is 1.82 bits per heavy atom. The number of benzene rings is 1. The van der Waals surface area contributed by atoms with Crippen LogP contribution in [0, 0.1) is 11.2 Å². The molecule has 1 saturated heterocycles. The van der Waals surface area contributed by atoms with Gasteiger partial charge in [-0.25, -0.2) is 19.3 Å². The van der Waals surface area contributed by atoms with E-state index in [9.17, 15) is 19.1 Å². The Kier molecular flexibility index (Phi) is 10.0. The fourth-order valence-corrected chi connectivity index (χ4v) is 3.37. The fourth-order valence-electron chi connectivity index (χ4n) is 3.37. The average Bonchev–Trinajstić information content (AvgIpc) is 3.35. The van der Waals surface area contributed by atoms with Gasteiger partial charge in [0, 0.05) is 38.9 Å². The molecule has 0 radical (unpaired) electrons. The molecule has 0 spiro atoms. The zero-order valence-electron chi connectivity index (χ0n) is 22.6. The number of aromatic amines is 1. The number of ether oxygens (including phenoxy) is 2. The smallest absolute Gasteiger partial charge is 0.314 e. The first kappa shape index (κ1) is 29.6. The van der Waals surface area contributed by atoms with Crippen LogP contribution >= 0.6 is 0 Å². The van der Waals surface area contributed by atoms with Gasteiger partial charge in [-0.2, -0.15) is 0 Å². The number of nitrogens with zero attached hydrogens (tertiary/aromatic N) is 5. The standard InChI is InChI=1S/C23H27FN6O4.C3H7NO/c1-23(21(31)32)12-33-20(34-13-23)19-28-17(14-4-6-15(24)7-5-14)18(29-19)16-8-9-25-22(27-16)26-10-11-30(2)3;1-4(2)3-5/h4-9,20H,10-13H2,1-3H3,(H,28,29)(H,31,32)(H,25,26,27);3H,1-2H3. The summed E-state index contributed by atoms with van der Waals surface area (Å²) in [6, 6.07) is 7.70. The number of amides is 1. The summed E-state index contributed by atoms with van der Waals surface area (Å²) < 4.78 is 24.9. The second kappa shape index (κ2) is 13.2. The first-order chi connectivity index (χ1) is 18.5. The minimum absolute atomic E-state index is 0.0254. The molecule has 1 aliphatic heterocycles. The molecule has 1 aromatic carbocycles. The van der Waals surface area contributed by atoms with Gasteiger partial charge in [-0.1, -0.05) is 0 Å². The highest BCUT2D eigenvalue weighted by molar-refractivity contribution is 5.77. The molecule has 0 aliphatic carbocycles. The number of nitrogens with one attached hydrogen (secondary N) is 2. The third-order valence-electron chi connectivity index (χ3n) is 5.65. The number of carboxylic acids is 1. The highest BCUT2D eigenvalue weighted by atomic mass is 19.1. The molecule has 3 N–H and O–H groups in total. The normalized spacial score (nSPS) is 18.7. The summed E-state index contributed by atoms with van der Waals surface area (Å²) in [4.78, 5) is 41.1. The molecule has 0 unspecified atom stereocenters. The van der Waals surface area contributed by atoms with Gasteiger partial charge < -0.3 is 34.7 Å².